The molecule has 6 nitrogen and oxygen atoms in total. The zero-order chi connectivity index (χ0) is 16.1. The zero-order valence-electron chi connectivity index (χ0n) is 13.3. The molecule has 7 heteroatoms. The number of hydrogen-bond donors (Lipinski definition) is 1. The van der Waals surface area contributed by atoms with Crippen LogP contribution in [-0.2, 0) is 11.8 Å². The highest BCUT2D eigenvalue weighted by Crippen LogP contribution is 2.23. The van der Waals surface area contributed by atoms with Crippen LogP contribution in [0.4, 0.5) is 0 Å². The predicted octanol–water partition coefficient (Wildman–Crippen LogP) is 2.46. The van der Waals surface area contributed by atoms with Crippen molar-refractivity contribution in [3.63, 3.8) is 0 Å². The highest BCUT2D eigenvalue weighted by atomic mass is 32.2. The Morgan fingerprint density at radius 3 is 3.13 bits per heavy atom. The SMILES string of the molecule is Cn1ncc2c(SCC(=O)NCCC3=CCCCC3)ncnc21. The van der Waals surface area contributed by atoms with Crippen molar-refractivity contribution in [2.24, 2.45) is 7.05 Å². The molecule has 0 saturated heterocycles. The van der Waals surface area contributed by atoms with Crippen LogP contribution in [-0.4, -0.2) is 38.0 Å². The standard InChI is InChI=1S/C16H21N5OS/c1-21-15-13(9-20-21)16(19-11-18-15)23-10-14(22)17-8-7-12-5-3-2-4-6-12/h5,9,11H,2-4,6-8,10H2,1H3,(H,17,22). The van der Waals surface area contributed by atoms with Crippen LogP contribution in [0, 0.1) is 0 Å². The fourth-order valence-corrected chi connectivity index (χ4v) is 3.53. The Morgan fingerprint density at radius 1 is 1.39 bits per heavy atom. The maximum atomic E-state index is 12.0. The van der Waals surface area contributed by atoms with Crippen LogP contribution < -0.4 is 5.32 Å². The number of hydrogen-bond acceptors (Lipinski definition) is 5. The van der Waals surface area contributed by atoms with E-state index < -0.39 is 0 Å². The fraction of sp³-hybridized carbons (Fsp3) is 0.500. The fourth-order valence-electron chi connectivity index (χ4n) is 2.73. The Morgan fingerprint density at radius 2 is 2.30 bits per heavy atom. The van der Waals surface area contributed by atoms with Crippen molar-refractivity contribution < 1.29 is 4.79 Å². The Labute approximate surface area is 139 Å². The molecule has 0 radical (unpaired) electrons. The van der Waals surface area contributed by atoms with Gasteiger partial charge in [0.15, 0.2) is 5.65 Å². The molecule has 0 fully saturated rings. The second kappa shape index (κ2) is 7.59. The van der Waals surface area contributed by atoms with E-state index in [9.17, 15) is 4.79 Å². The van der Waals surface area contributed by atoms with Crippen molar-refractivity contribution in [3.8, 4) is 0 Å². The molecule has 0 spiro atoms. The van der Waals surface area contributed by atoms with Crippen molar-refractivity contribution in [3.05, 3.63) is 24.2 Å². The summed E-state index contributed by atoms with van der Waals surface area (Å²) in [6.07, 6.45) is 11.5. The molecule has 0 saturated carbocycles. The number of aromatic nitrogens is 4. The number of thioether (sulfide) groups is 1. The summed E-state index contributed by atoms with van der Waals surface area (Å²) in [5, 5.41) is 8.86. The number of aryl methyl sites for hydroxylation is 1. The number of rotatable bonds is 6. The van der Waals surface area contributed by atoms with Gasteiger partial charge in [0.25, 0.3) is 0 Å². The lowest BCUT2D eigenvalue weighted by Gasteiger charge is -2.12. The van der Waals surface area contributed by atoms with Crippen molar-refractivity contribution >= 4 is 28.7 Å². The minimum Gasteiger partial charge on any atom is -0.355 e. The van der Waals surface area contributed by atoms with Gasteiger partial charge >= 0.3 is 0 Å². The summed E-state index contributed by atoms with van der Waals surface area (Å²) < 4.78 is 1.71. The third-order valence-corrected chi connectivity index (χ3v) is 4.99. The van der Waals surface area contributed by atoms with Crippen molar-refractivity contribution in [2.45, 2.75) is 37.1 Å². The number of carbonyl (C=O) groups excluding carboxylic acids is 1. The molecule has 122 valence electrons. The van der Waals surface area contributed by atoms with Gasteiger partial charge in [0.05, 0.1) is 17.3 Å². The molecular formula is C16H21N5OS. The van der Waals surface area contributed by atoms with Crippen LogP contribution in [0.15, 0.2) is 29.2 Å². The van der Waals surface area contributed by atoms with E-state index in [0.717, 1.165) is 29.0 Å². The number of nitrogens with one attached hydrogen (secondary N) is 1. The molecule has 23 heavy (non-hydrogen) atoms. The highest BCUT2D eigenvalue weighted by Gasteiger charge is 2.10. The molecule has 1 aliphatic carbocycles. The van der Waals surface area contributed by atoms with Crippen LogP contribution in [0.1, 0.15) is 32.1 Å². The van der Waals surface area contributed by atoms with Crippen molar-refractivity contribution in [1.82, 2.24) is 25.1 Å². The first-order valence-electron chi connectivity index (χ1n) is 7.94. The zero-order valence-corrected chi connectivity index (χ0v) is 14.1. The Kier molecular flexibility index (Phi) is 5.27. The number of fused-ring (bicyclic) bond motifs is 1. The maximum absolute atomic E-state index is 12.0. The van der Waals surface area contributed by atoms with E-state index in [4.69, 9.17) is 0 Å². The lowest BCUT2D eigenvalue weighted by Crippen LogP contribution is -2.26. The van der Waals surface area contributed by atoms with Gasteiger partial charge in [-0.3, -0.25) is 9.48 Å². The predicted molar refractivity (Wildman–Crippen MR) is 91.2 cm³/mol. The topological polar surface area (TPSA) is 72.7 Å². The van der Waals surface area contributed by atoms with Gasteiger partial charge in [-0.2, -0.15) is 5.10 Å². The maximum Gasteiger partial charge on any atom is 0.230 e. The summed E-state index contributed by atoms with van der Waals surface area (Å²) in [6, 6.07) is 0. The Balaban J connectivity index is 1.47. The van der Waals surface area contributed by atoms with E-state index in [2.05, 4.69) is 26.5 Å². The minimum absolute atomic E-state index is 0.0436. The van der Waals surface area contributed by atoms with Crippen LogP contribution >= 0.6 is 11.8 Å². The largest absolute Gasteiger partial charge is 0.355 e. The van der Waals surface area contributed by atoms with E-state index >= 15 is 0 Å². The number of carbonyl (C=O) groups is 1. The Bertz CT molecular complexity index is 724. The Hall–Kier alpha value is -1.89. The third-order valence-electron chi connectivity index (χ3n) is 3.99. The van der Waals surface area contributed by atoms with Gasteiger partial charge in [-0.25, -0.2) is 9.97 Å². The van der Waals surface area contributed by atoms with Gasteiger partial charge in [-0.05, 0) is 32.1 Å². The van der Waals surface area contributed by atoms with Crippen LogP contribution in [0.3, 0.4) is 0 Å². The molecule has 0 unspecified atom stereocenters. The minimum atomic E-state index is 0.0436. The first-order chi connectivity index (χ1) is 11.2. The summed E-state index contributed by atoms with van der Waals surface area (Å²) in [5.74, 6) is 0.405. The molecule has 0 aliphatic heterocycles. The molecular weight excluding hydrogens is 310 g/mol. The van der Waals surface area contributed by atoms with Crippen molar-refractivity contribution in [2.75, 3.05) is 12.3 Å². The summed E-state index contributed by atoms with van der Waals surface area (Å²) in [4.78, 5) is 20.4. The average molecular weight is 331 g/mol. The van der Waals surface area contributed by atoms with Gasteiger partial charge in [0, 0.05) is 13.6 Å². The molecule has 3 rings (SSSR count). The molecule has 1 aliphatic rings. The summed E-state index contributed by atoms with van der Waals surface area (Å²) in [7, 11) is 1.84. The lowest BCUT2D eigenvalue weighted by molar-refractivity contribution is -0.118. The van der Waals surface area contributed by atoms with Crippen LogP contribution in [0.25, 0.3) is 11.0 Å². The van der Waals surface area contributed by atoms with Gasteiger partial charge in [0.1, 0.15) is 11.4 Å². The van der Waals surface area contributed by atoms with E-state index in [1.807, 2.05) is 7.05 Å². The normalized spacial score (nSPS) is 14.7. The lowest BCUT2D eigenvalue weighted by atomic mass is 9.97. The first-order valence-corrected chi connectivity index (χ1v) is 8.92. The smallest absolute Gasteiger partial charge is 0.230 e. The first kappa shape index (κ1) is 16.0. The summed E-state index contributed by atoms with van der Waals surface area (Å²) >= 11 is 1.43. The molecule has 0 bridgehead atoms. The van der Waals surface area contributed by atoms with E-state index in [1.54, 1.807) is 10.9 Å². The number of amides is 1. The number of nitrogens with zero attached hydrogens (tertiary/aromatic N) is 4. The second-order valence-corrected chi connectivity index (χ2v) is 6.65. The molecule has 0 atom stereocenters. The summed E-state index contributed by atoms with van der Waals surface area (Å²) in [5.41, 5.74) is 2.27. The van der Waals surface area contributed by atoms with E-state index in [-0.39, 0.29) is 5.91 Å². The quantitative estimate of drug-likeness (QED) is 0.500. The van der Waals surface area contributed by atoms with Gasteiger partial charge < -0.3 is 5.32 Å². The molecule has 2 aromatic heterocycles. The van der Waals surface area contributed by atoms with E-state index in [0.29, 0.717) is 5.75 Å². The van der Waals surface area contributed by atoms with Crippen LogP contribution in [0.2, 0.25) is 0 Å². The molecule has 1 N–H and O–H groups in total. The van der Waals surface area contributed by atoms with Gasteiger partial charge in [-0.15, -0.1) is 0 Å². The van der Waals surface area contributed by atoms with Crippen molar-refractivity contribution in [1.29, 1.82) is 0 Å². The second-order valence-electron chi connectivity index (χ2n) is 5.68. The van der Waals surface area contributed by atoms with Gasteiger partial charge in [-0.1, -0.05) is 23.4 Å². The molecule has 1 amide bonds. The summed E-state index contributed by atoms with van der Waals surface area (Å²) in [6.45, 7) is 0.720. The van der Waals surface area contributed by atoms with Gasteiger partial charge in [0.2, 0.25) is 5.91 Å². The highest BCUT2D eigenvalue weighted by molar-refractivity contribution is 8.00. The third kappa shape index (κ3) is 4.10. The monoisotopic (exact) mass is 331 g/mol. The molecule has 2 heterocycles. The number of allylic oxidation sites excluding steroid dienone is 1. The average Bonchev–Trinajstić information content (AvgIpc) is 2.96. The van der Waals surface area contributed by atoms with E-state index in [1.165, 1.54) is 49.3 Å². The molecule has 0 aromatic carbocycles. The molecule has 2 aromatic rings. The van der Waals surface area contributed by atoms with Crippen LogP contribution in [0.5, 0.6) is 0 Å².